The van der Waals surface area contributed by atoms with Crippen molar-refractivity contribution in [2.45, 2.75) is 6.17 Å². The number of fused-ring (bicyclic) bond motifs is 2. The summed E-state index contributed by atoms with van der Waals surface area (Å²) in [6.45, 7) is 3.70. The predicted molar refractivity (Wildman–Crippen MR) is 110 cm³/mol. The lowest BCUT2D eigenvalue weighted by molar-refractivity contribution is -0.116. The molecule has 0 bridgehead atoms. The third-order valence-corrected chi connectivity index (χ3v) is 5.63. The molecule has 1 N–H and O–H groups in total. The summed E-state index contributed by atoms with van der Waals surface area (Å²) in [6, 6.07) is 12.7. The minimum Gasteiger partial charge on any atom is -0.298 e. The molecule has 2 aromatic carbocycles. The van der Waals surface area contributed by atoms with Crippen LogP contribution in [-0.2, 0) is 4.79 Å². The first-order chi connectivity index (χ1) is 13.1. The number of nitrogens with zero attached hydrogens (tertiary/aromatic N) is 3. The number of rotatable bonds is 3. The van der Waals surface area contributed by atoms with E-state index in [1.807, 2.05) is 24.3 Å². The SMILES string of the molecule is C=CCSC1=NN2C(=c3ccccc3=NC2c2c(Cl)cccc2Cl)C(=O)N1. The molecule has 27 heavy (non-hydrogen) atoms. The van der Waals surface area contributed by atoms with Crippen LogP contribution in [0.25, 0.3) is 5.70 Å². The number of amides is 1. The van der Waals surface area contributed by atoms with Crippen LogP contribution in [0.3, 0.4) is 0 Å². The molecule has 0 saturated carbocycles. The number of nitrogens with one attached hydrogen (secondary N) is 1. The number of halogens is 2. The first-order valence-electron chi connectivity index (χ1n) is 8.14. The van der Waals surface area contributed by atoms with Gasteiger partial charge in [-0.05, 0) is 18.2 Å². The Morgan fingerprint density at radius 1 is 1.19 bits per heavy atom. The summed E-state index contributed by atoms with van der Waals surface area (Å²) in [5, 5.41) is 11.9. The van der Waals surface area contributed by atoms with Crippen molar-refractivity contribution in [2.24, 2.45) is 10.1 Å². The third kappa shape index (κ3) is 3.25. The van der Waals surface area contributed by atoms with E-state index in [9.17, 15) is 4.79 Å². The van der Waals surface area contributed by atoms with Crippen molar-refractivity contribution in [3.63, 3.8) is 0 Å². The van der Waals surface area contributed by atoms with Crippen molar-refractivity contribution in [2.75, 3.05) is 5.75 Å². The van der Waals surface area contributed by atoms with Crippen molar-refractivity contribution in [1.29, 1.82) is 0 Å². The Labute approximate surface area is 170 Å². The number of hydrazone groups is 1. The van der Waals surface area contributed by atoms with Gasteiger partial charge in [-0.25, -0.2) is 5.01 Å². The van der Waals surface area contributed by atoms with Crippen LogP contribution in [0, 0.1) is 0 Å². The van der Waals surface area contributed by atoms with Gasteiger partial charge in [0.25, 0.3) is 5.91 Å². The smallest absolute Gasteiger partial charge is 0.276 e. The summed E-state index contributed by atoms with van der Waals surface area (Å²) in [6.07, 6.45) is 1.11. The molecule has 1 amide bonds. The van der Waals surface area contributed by atoms with Gasteiger partial charge in [0, 0.05) is 26.6 Å². The van der Waals surface area contributed by atoms with E-state index in [0.29, 0.717) is 42.8 Å². The minimum absolute atomic E-state index is 0.243. The second kappa shape index (κ2) is 7.38. The van der Waals surface area contributed by atoms with Gasteiger partial charge in [0.05, 0.1) is 5.36 Å². The number of para-hydroxylation sites is 1. The average molecular weight is 417 g/mol. The molecular weight excluding hydrogens is 403 g/mol. The van der Waals surface area contributed by atoms with E-state index in [-0.39, 0.29) is 5.91 Å². The van der Waals surface area contributed by atoms with E-state index in [0.717, 1.165) is 0 Å². The number of carbonyl (C=O) groups is 1. The lowest BCUT2D eigenvalue weighted by Gasteiger charge is -2.34. The highest BCUT2D eigenvalue weighted by atomic mass is 35.5. The maximum absolute atomic E-state index is 12.9. The average Bonchev–Trinajstić information content (AvgIpc) is 2.66. The van der Waals surface area contributed by atoms with Crippen LogP contribution in [0.2, 0.25) is 10.0 Å². The minimum atomic E-state index is -0.638. The maximum atomic E-state index is 12.9. The van der Waals surface area contributed by atoms with E-state index in [4.69, 9.17) is 28.2 Å². The van der Waals surface area contributed by atoms with E-state index >= 15 is 0 Å². The van der Waals surface area contributed by atoms with Crippen molar-refractivity contribution in [3.05, 3.63) is 81.3 Å². The second-order valence-corrected chi connectivity index (χ2v) is 7.63. The van der Waals surface area contributed by atoms with Gasteiger partial charge >= 0.3 is 0 Å². The quantitative estimate of drug-likeness (QED) is 0.782. The summed E-state index contributed by atoms with van der Waals surface area (Å²) >= 11 is 14.2. The Morgan fingerprint density at radius 2 is 1.93 bits per heavy atom. The van der Waals surface area contributed by atoms with Crippen molar-refractivity contribution in [3.8, 4) is 0 Å². The zero-order chi connectivity index (χ0) is 19.0. The molecule has 2 aromatic rings. The molecule has 2 aliphatic heterocycles. The molecule has 5 nitrogen and oxygen atoms in total. The summed E-state index contributed by atoms with van der Waals surface area (Å²) in [4.78, 5) is 17.7. The molecule has 4 rings (SSSR count). The largest absolute Gasteiger partial charge is 0.298 e. The normalized spacial score (nSPS) is 18.1. The van der Waals surface area contributed by atoms with Crippen LogP contribution in [0.4, 0.5) is 0 Å². The van der Waals surface area contributed by atoms with Gasteiger partial charge in [-0.3, -0.25) is 15.1 Å². The van der Waals surface area contributed by atoms with Crippen molar-refractivity contribution >= 4 is 51.7 Å². The van der Waals surface area contributed by atoms with Gasteiger partial charge in [-0.15, -0.1) is 11.7 Å². The maximum Gasteiger partial charge on any atom is 0.276 e. The Balaban J connectivity index is 1.96. The predicted octanol–water partition coefficient (Wildman–Crippen LogP) is 3.06. The fourth-order valence-corrected chi connectivity index (χ4v) is 4.15. The van der Waals surface area contributed by atoms with Gasteiger partial charge in [-0.1, -0.05) is 65.3 Å². The molecule has 0 fully saturated rings. The first kappa shape index (κ1) is 18.1. The van der Waals surface area contributed by atoms with Crippen LogP contribution < -0.4 is 15.9 Å². The molecule has 0 saturated heterocycles. The highest BCUT2D eigenvalue weighted by Crippen LogP contribution is 2.38. The van der Waals surface area contributed by atoms with Gasteiger partial charge in [-0.2, -0.15) is 0 Å². The molecule has 0 radical (unpaired) electrons. The molecule has 0 spiro atoms. The number of amidine groups is 1. The van der Waals surface area contributed by atoms with Crippen LogP contribution in [0.5, 0.6) is 0 Å². The summed E-state index contributed by atoms with van der Waals surface area (Å²) < 4.78 is 0. The highest BCUT2D eigenvalue weighted by Gasteiger charge is 2.36. The topological polar surface area (TPSA) is 57.1 Å². The number of hydrogen-bond acceptors (Lipinski definition) is 5. The Bertz CT molecular complexity index is 1080. The molecular formula is C19H14Cl2N4OS. The summed E-state index contributed by atoms with van der Waals surface area (Å²) in [7, 11) is 0. The number of benzene rings is 2. The van der Waals surface area contributed by atoms with E-state index in [1.54, 1.807) is 29.3 Å². The molecule has 0 aromatic heterocycles. The van der Waals surface area contributed by atoms with Gasteiger partial charge in [0.2, 0.25) is 0 Å². The number of thioether (sulfide) groups is 1. The lowest BCUT2D eigenvalue weighted by Crippen LogP contribution is -2.50. The Hall–Kier alpha value is -2.28. The van der Waals surface area contributed by atoms with Crippen molar-refractivity contribution < 1.29 is 4.79 Å². The van der Waals surface area contributed by atoms with E-state index < -0.39 is 6.17 Å². The van der Waals surface area contributed by atoms with Gasteiger partial charge < -0.3 is 0 Å². The monoisotopic (exact) mass is 416 g/mol. The standard InChI is InChI=1S/C19H14Cl2N4OS/c1-2-10-27-19-23-18(26)16-11-6-3-4-9-14(11)22-17(25(16)24-19)15-12(20)7-5-8-13(15)21/h2-9,17H,1,10H2,(H,23,24,26). The number of hydrogen-bond donors (Lipinski definition) is 1. The number of carbonyl (C=O) groups excluding carboxylic acids is 1. The fourth-order valence-electron chi connectivity index (χ4n) is 2.98. The molecule has 1 atom stereocenters. The van der Waals surface area contributed by atoms with Crippen molar-refractivity contribution in [1.82, 2.24) is 10.3 Å². The summed E-state index contributed by atoms with van der Waals surface area (Å²) in [5.41, 5.74) is 1.03. The second-order valence-electron chi connectivity index (χ2n) is 5.81. The molecule has 2 aliphatic rings. The van der Waals surface area contributed by atoms with Gasteiger partial charge in [0.1, 0.15) is 5.70 Å². The zero-order valence-corrected chi connectivity index (χ0v) is 16.4. The molecule has 8 heteroatoms. The molecule has 2 heterocycles. The third-order valence-electron chi connectivity index (χ3n) is 4.11. The fraction of sp³-hybridized carbons (Fsp3) is 0.105. The van der Waals surface area contributed by atoms with E-state index in [1.165, 1.54) is 11.8 Å². The summed E-state index contributed by atoms with van der Waals surface area (Å²) in [5.74, 6) is 0.375. The van der Waals surface area contributed by atoms with Crippen LogP contribution in [0.1, 0.15) is 11.7 Å². The van der Waals surface area contributed by atoms with Crippen LogP contribution in [0.15, 0.2) is 65.2 Å². The molecule has 136 valence electrons. The van der Waals surface area contributed by atoms with E-state index in [2.05, 4.69) is 17.0 Å². The molecule has 0 aliphatic carbocycles. The Morgan fingerprint density at radius 3 is 2.67 bits per heavy atom. The lowest BCUT2D eigenvalue weighted by atomic mass is 10.1. The Kier molecular flexibility index (Phi) is 4.95. The molecule has 1 unspecified atom stereocenters. The zero-order valence-electron chi connectivity index (χ0n) is 14.0. The highest BCUT2D eigenvalue weighted by molar-refractivity contribution is 8.14. The van der Waals surface area contributed by atoms with Crippen LogP contribution in [-0.4, -0.2) is 21.8 Å². The first-order valence-corrected chi connectivity index (χ1v) is 9.88. The van der Waals surface area contributed by atoms with Gasteiger partial charge in [0.15, 0.2) is 11.3 Å². The van der Waals surface area contributed by atoms with Crippen LogP contribution >= 0.6 is 35.0 Å².